The molecule has 0 radical (unpaired) electrons. The lowest BCUT2D eigenvalue weighted by Crippen LogP contribution is -2.22. The van der Waals surface area contributed by atoms with E-state index in [0.717, 1.165) is 5.56 Å². The summed E-state index contributed by atoms with van der Waals surface area (Å²) in [7, 11) is 0. The van der Waals surface area contributed by atoms with E-state index in [2.05, 4.69) is 5.10 Å². The van der Waals surface area contributed by atoms with E-state index in [1.54, 1.807) is 12.1 Å². The Balaban J connectivity index is 2.21. The largest absolute Gasteiger partial charge is 0.691 e. The molecular weight excluding hydrogens is 226 g/mol. The van der Waals surface area contributed by atoms with E-state index in [4.69, 9.17) is 5.73 Å². The van der Waals surface area contributed by atoms with Crippen molar-refractivity contribution in [2.75, 3.05) is 0 Å². The molecule has 0 bridgehead atoms. The summed E-state index contributed by atoms with van der Waals surface area (Å²) in [5.41, 5.74) is 7.22. The summed E-state index contributed by atoms with van der Waals surface area (Å²) in [6.07, 6.45) is 1.48. The topological polar surface area (TPSA) is 64.5 Å². The third-order valence-corrected chi connectivity index (χ3v) is 2.39. The Morgan fingerprint density at radius 1 is 1.00 bits per heavy atom. The number of amidine groups is 1. The van der Waals surface area contributed by atoms with Crippen LogP contribution in [-0.4, -0.2) is 16.9 Å². The van der Waals surface area contributed by atoms with Gasteiger partial charge < -0.3 is 5.21 Å². The fourth-order valence-corrected chi connectivity index (χ4v) is 1.44. The molecule has 0 aliphatic rings. The fourth-order valence-electron chi connectivity index (χ4n) is 1.44. The highest BCUT2D eigenvalue weighted by Gasteiger charge is 2.04. The first kappa shape index (κ1) is 11.9. The van der Waals surface area contributed by atoms with E-state index >= 15 is 0 Å². The number of hydrogen-bond donors (Lipinski definition) is 1. The molecule has 0 unspecified atom stereocenters. The van der Waals surface area contributed by atoms with Crippen LogP contribution in [0.1, 0.15) is 11.1 Å². The van der Waals surface area contributed by atoms with Crippen molar-refractivity contribution in [3.05, 3.63) is 77.0 Å². The van der Waals surface area contributed by atoms with Crippen molar-refractivity contribution in [3.63, 3.8) is 0 Å². The summed E-state index contributed by atoms with van der Waals surface area (Å²) in [5, 5.41) is 15.4. The third-order valence-electron chi connectivity index (χ3n) is 2.39. The first-order valence-corrected chi connectivity index (χ1v) is 5.51. The highest BCUT2D eigenvalue weighted by atomic mass is 16.5. The number of hydrogen-bond acceptors (Lipinski definition) is 2. The molecule has 0 heterocycles. The van der Waals surface area contributed by atoms with E-state index in [0.29, 0.717) is 10.4 Å². The lowest BCUT2D eigenvalue weighted by Gasteiger charge is -2.04. The second kappa shape index (κ2) is 5.63. The molecule has 18 heavy (non-hydrogen) atoms. The van der Waals surface area contributed by atoms with Crippen molar-refractivity contribution in [3.8, 4) is 0 Å². The Morgan fingerprint density at radius 2 is 1.56 bits per heavy atom. The van der Waals surface area contributed by atoms with Crippen LogP contribution in [0.5, 0.6) is 0 Å². The van der Waals surface area contributed by atoms with Crippen LogP contribution in [0.2, 0.25) is 0 Å². The van der Waals surface area contributed by atoms with E-state index in [1.165, 1.54) is 6.21 Å². The number of benzene rings is 2. The quantitative estimate of drug-likeness (QED) is 0.292. The zero-order chi connectivity index (χ0) is 12.8. The Labute approximate surface area is 105 Å². The molecule has 0 spiro atoms. The maximum atomic E-state index is 11.7. The summed E-state index contributed by atoms with van der Waals surface area (Å²) in [6.45, 7) is 0. The van der Waals surface area contributed by atoms with Crippen molar-refractivity contribution in [2.24, 2.45) is 10.8 Å². The summed E-state index contributed by atoms with van der Waals surface area (Å²) in [5.74, 6) is 0.0720. The summed E-state index contributed by atoms with van der Waals surface area (Å²) in [6, 6.07) is 18.4. The van der Waals surface area contributed by atoms with Crippen molar-refractivity contribution < 1.29 is 4.85 Å². The van der Waals surface area contributed by atoms with Gasteiger partial charge in [0.2, 0.25) is 0 Å². The molecule has 0 saturated heterocycles. The van der Waals surface area contributed by atoms with E-state index in [9.17, 15) is 5.21 Å². The lowest BCUT2D eigenvalue weighted by molar-refractivity contribution is -0.462. The molecule has 0 amide bonds. The van der Waals surface area contributed by atoms with Gasteiger partial charge in [0.25, 0.3) is 0 Å². The Morgan fingerprint density at radius 3 is 2.17 bits per heavy atom. The van der Waals surface area contributed by atoms with E-state index in [1.807, 2.05) is 48.5 Å². The minimum absolute atomic E-state index is 0.0720. The second-order valence-electron chi connectivity index (χ2n) is 3.68. The molecule has 0 aliphatic heterocycles. The first-order chi connectivity index (χ1) is 8.77. The maximum absolute atomic E-state index is 11.7. The molecule has 0 aliphatic carbocycles. The van der Waals surface area contributed by atoms with Crippen molar-refractivity contribution in [2.45, 2.75) is 0 Å². The van der Waals surface area contributed by atoms with Gasteiger partial charge in [0.05, 0.1) is 11.8 Å². The average molecular weight is 239 g/mol. The summed E-state index contributed by atoms with van der Waals surface area (Å²) < 4.78 is 0. The van der Waals surface area contributed by atoms with Crippen LogP contribution in [0.3, 0.4) is 0 Å². The number of nitrogens with zero attached hydrogens (tertiary/aromatic N) is 2. The molecule has 0 saturated carbocycles. The highest BCUT2D eigenvalue weighted by Crippen LogP contribution is 1.98. The lowest BCUT2D eigenvalue weighted by atomic mass is 10.2. The molecule has 0 atom stereocenters. The monoisotopic (exact) mass is 239 g/mol. The molecule has 4 heteroatoms. The first-order valence-electron chi connectivity index (χ1n) is 5.51. The SMILES string of the molecule is N/C(c1ccccc1)=[N+]([O-])\N=C\c1ccccc1. The van der Waals surface area contributed by atoms with Gasteiger partial charge in [0.1, 0.15) is 0 Å². The molecule has 0 aromatic heterocycles. The zero-order valence-corrected chi connectivity index (χ0v) is 9.73. The van der Waals surface area contributed by atoms with Crippen LogP contribution >= 0.6 is 0 Å². The van der Waals surface area contributed by atoms with Crippen LogP contribution in [0.15, 0.2) is 65.8 Å². The minimum atomic E-state index is 0.0720. The van der Waals surface area contributed by atoms with Gasteiger partial charge in [-0.15, -0.1) is 4.85 Å². The van der Waals surface area contributed by atoms with Gasteiger partial charge in [0.15, 0.2) is 0 Å². The Bertz CT molecular complexity index is 562. The normalized spacial score (nSPS) is 12.4. The minimum Gasteiger partial charge on any atom is -0.691 e. The molecule has 2 aromatic rings. The standard InChI is InChI=1S/C14H13N3O/c15-14(13-9-5-2-6-10-13)17(18)16-11-12-7-3-1-4-8-12/h1-11H,15H2/b16-11+,17-14+. The van der Waals surface area contributed by atoms with Crippen LogP contribution < -0.4 is 5.73 Å². The van der Waals surface area contributed by atoms with Crippen molar-refractivity contribution >= 4 is 12.1 Å². The molecule has 4 nitrogen and oxygen atoms in total. The average Bonchev–Trinajstić information content (AvgIpc) is 2.46. The maximum Gasteiger partial charge on any atom is 0.304 e. The van der Waals surface area contributed by atoms with Crippen molar-refractivity contribution in [1.29, 1.82) is 0 Å². The van der Waals surface area contributed by atoms with Gasteiger partial charge in [0, 0.05) is 0 Å². The molecular formula is C14H13N3O. The van der Waals surface area contributed by atoms with Crippen LogP contribution in [0, 0.1) is 5.21 Å². The van der Waals surface area contributed by atoms with Gasteiger partial charge in [-0.05, 0) is 17.7 Å². The van der Waals surface area contributed by atoms with Crippen LogP contribution in [0.4, 0.5) is 0 Å². The molecule has 2 aromatic carbocycles. The van der Waals surface area contributed by atoms with Gasteiger partial charge >= 0.3 is 5.84 Å². The van der Waals surface area contributed by atoms with Crippen LogP contribution in [-0.2, 0) is 0 Å². The number of rotatable bonds is 3. The predicted octanol–water partition coefficient (Wildman–Crippen LogP) is 1.94. The fraction of sp³-hybridized carbons (Fsp3) is 0. The molecule has 2 N–H and O–H groups in total. The Kier molecular flexibility index (Phi) is 3.71. The van der Waals surface area contributed by atoms with Gasteiger partial charge in [-0.2, -0.15) is 0 Å². The van der Waals surface area contributed by atoms with Crippen LogP contribution in [0.25, 0.3) is 0 Å². The second-order valence-corrected chi connectivity index (χ2v) is 3.68. The predicted molar refractivity (Wildman–Crippen MR) is 72.4 cm³/mol. The Hall–Kier alpha value is -2.62. The van der Waals surface area contributed by atoms with Gasteiger partial charge in [-0.1, -0.05) is 53.6 Å². The smallest absolute Gasteiger partial charge is 0.304 e. The highest BCUT2D eigenvalue weighted by molar-refractivity contribution is 5.93. The summed E-state index contributed by atoms with van der Waals surface area (Å²) >= 11 is 0. The third kappa shape index (κ3) is 2.95. The van der Waals surface area contributed by atoms with Gasteiger partial charge in [-0.25, -0.2) is 0 Å². The number of nitrogens with two attached hydrogens (primary N) is 1. The molecule has 90 valence electrons. The van der Waals surface area contributed by atoms with E-state index < -0.39 is 0 Å². The number of hydrazone groups is 1. The zero-order valence-electron chi connectivity index (χ0n) is 9.73. The van der Waals surface area contributed by atoms with Crippen molar-refractivity contribution in [1.82, 2.24) is 0 Å². The molecule has 0 fully saturated rings. The van der Waals surface area contributed by atoms with E-state index in [-0.39, 0.29) is 5.84 Å². The summed E-state index contributed by atoms with van der Waals surface area (Å²) in [4.78, 5) is 0.419. The molecule has 2 rings (SSSR count). The van der Waals surface area contributed by atoms with Gasteiger partial charge in [-0.3, -0.25) is 5.73 Å².